The molecule has 0 radical (unpaired) electrons. The lowest BCUT2D eigenvalue weighted by Crippen LogP contribution is -2.34. The van der Waals surface area contributed by atoms with E-state index in [0.29, 0.717) is 23.5 Å². The summed E-state index contributed by atoms with van der Waals surface area (Å²) in [6.45, 7) is 5.73. The lowest BCUT2D eigenvalue weighted by Gasteiger charge is -2.15. The second-order valence-corrected chi connectivity index (χ2v) is 6.31. The molecule has 1 aromatic carbocycles. The van der Waals surface area contributed by atoms with E-state index in [1.165, 1.54) is 6.20 Å². The molecule has 6 nitrogen and oxygen atoms in total. The fraction of sp³-hybridized carbons (Fsp3) is 0.368. The van der Waals surface area contributed by atoms with Crippen molar-refractivity contribution in [3.63, 3.8) is 0 Å². The minimum absolute atomic E-state index is 0.0501. The number of nitrogens with one attached hydrogen (secondary N) is 1. The van der Waals surface area contributed by atoms with Crippen LogP contribution in [0.3, 0.4) is 0 Å². The van der Waals surface area contributed by atoms with E-state index in [4.69, 9.17) is 0 Å². The Balaban J connectivity index is 2.08. The van der Waals surface area contributed by atoms with E-state index in [-0.39, 0.29) is 18.4 Å². The molecular formula is C19H23N3O3. The number of hydrogen-bond donors (Lipinski definition) is 2. The van der Waals surface area contributed by atoms with Crippen molar-refractivity contribution in [2.45, 2.75) is 33.1 Å². The Labute approximate surface area is 147 Å². The molecule has 1 heterocycles. The van der Waals surface area contributed by atoms with Crippen molar-refractivity contribution in [2.75, 3.05) is 6.54 Å². The molecule has 1 aromatic heterocycles. The molecule has 1 atom stereocenters. The third-order valence-electron chi connectivity index (χ3n) is 3.91. The molecule has 0 bridgehead atoms. The molecule has 0 saturated heterocycles. The standard InChI is InChI=1S/C19H23N3O3/c1-12(2)17-16(11-20-13(3)22-17)18(23)21-10-15(19(24)25)9-14-7-5-4-6-8-14/h4-8,11-12,15H,9-10H2,1-3H3,(H,21,23)(H,24,25). The first-order valence-corrected chi connectivity index (χ1v) is 8.27. The normalized spacial score (nSPS) is 12.0. The minimum Gasteiger partial charge on any atom is -0.481 e. The predicted octanol–water partition coefficient (Wildman–Crippen LogP) is 2.58. The number of aromatic nitrogens is 2. The number of carbonyl (C=O) groups excluding carboxylic acids is 1. The number of hydrogen-bond acceptors (Lipinski definition) is 4. The number of carbonyl (C=O) groups is 2. The molecular weight excluding hydrogens is 318 g/mol. The van der Waals surface area contributed by atoms with Crippen LogP contribution in [0.2, 0.25) is 0 Å². The van der Waals surface area contributed by atoms with E-state index in [1.807, 2.05) is 44.2 Å². The molecule has 1 unspecified atom stereocenters. The van der Waals surface area contributed by atoms with Crippen LogP contribution in [0.15, 0.2) is 36.5 Å². The molecule has 0 fully saturated rings. The van der Waals surface area contributed by atoms with Gasteiger partial charge in [-0.3, -0.25) is 9.59 Å². The SMILES string of the molecule is Cc1ncc(C(=O)NCC(Cc2ccccc2)C(=O)O)c(C(C)C)n1. The zero-order valence-electron chi connectivity index (χ0n) is 14.7. The van der Waals surface area contributed by atoms with Crippen LogP contribution in [-0.4, -0.2) is 33.5 Å². The second kappa shape index (κ2) is 8.37. The first-order valence-electron chi connectivity index (χ1n) is 8.27. The summed E-state index contributed by atoms with van der Waals surface area (Å²) in [5, 5.41) is 12.1. The average Bonchev–Trinajstić information content (AvgIpc) is 2.58. The number of rotatable bonds is 7. The lowest BCUT2D eigenvalue weighted by molar-refractivity contribution is -0.141. The largest absolute Gasteiger partial charge is 0.481 e. The Morgan fingerprint density at radius 2 is 1.88 bits per heavy atom. The molecule has 0 aliphatic rings. The first-order chi connectivity index (χ1) is 11.9. The number of carboxylic acid groups (broad SMARTS) is 1. The number of carboxylic acids is 1. The first kappa shape index (κ1) is 18.6. The van der Waals surface area contributed by atoms with Crippen LogP contribution >= 0.6 is 0 Å². The maximum atomic E-state index is 12.5. The van der Waals surface area contributed by atoms with Crippen molar-refractivity contribution in [1.82, 2.24) is 15.3 Å². The van der Waals surface area contributed by atoms with Crippen molar-refractivity contribution in [2.24, 2.45) is 5.92 Å². The van der Waals surface area contributed by atoms with E-state index in [2.05, 4.69) is 15.3 Å². The Kier molecular flexibility index (Phi) is 6.22. The molecule has 0 spiro atoms. The molecule has 0 saturated carbocycles. The zero-order chi connectivity index (χ0) is 18.4. The van der Waals surface area contributed by atoms with Gasteiger partial charge in [0.1, 0.15) is 5.82 Å². The van der Waals surface area contributed by atoms with Gasteiger partial charge in [0, 0.05) is 12.7 Å². The smallest absolute Gasteiger partial charge is 0.308 e. The van der Waals surface area contributed by atoms with Crippen LogP contribution < -0.4 is 5.32 Å². The van der Waals surface area contributed by atoms with Crippen molar-refractivity contribution in [3.05, 3.63) is 59.2 Å². The third-order valence-corrected chi connectivity index (χ3v) is 3.91. The molecule has 2 aromatic rings. The Bertz CT molecular complexity index is 745. The molecule has 132 valence electrons. The van der Waals surface area contributed by atoms with Gasteiger partial charge in [-0.15, -0.1) is 0 Å². The average molecular weight is 341 g/mol. The van der Waals surface area contributed by atoms with Crippen molar-refractivity contribution < 1.29 is 14.7 Å². The predicted molar refractivity (Wildman–Crippen MR) is 94.5 cm³/mol. The lowest BCUT2D eigenvalue weighted by atomic mass is 9.99. The van der Waals surface area contributed by atoms with Crippen molar-refractivity contribution in [1.29, 1.82) is 0 Å². The number of aliphatic carboxylic acids is 1. The molecule has 2 N–H and O–H groups in total. The summed E-state index contributed by atoms with van der Waals surface area (Å²) in [6.07, 6.45) is 1.86. The van der Waals surface area contributed by atoms with Gasteiger partial charge in [0.05, 0.1) is 17.2 Å². The minimum atomic E-state index is -0.937. The van der Waals surface area contributed by atoms with Gasteiger partial charge in [0.25, 0.3) is 5.91 Å². The van der Waals surface area contributed by atoms with Crippen LogP contribution in [-0.2, 0) is 11.2 Å². The highest BCUT2D eigenvalue weighted by molar-refractivity contribution is 5.95. The summed E-state index contributed by atoms with van der Waals surface area (Å²) in [7, 11) is 0. The Morgan fingerprint density at radius 3 is 2.48 bits per heavy atom. The highest BCUT2D eigenvalue weighted by Gasteiger charge is 2.21. The molecule has 25 heavy (non-hydrogen) atoms. The maximum absolute atomic E-state index is 12.5. The summed E-state index contributed by atoms with van der Waals surface area (Å²) < 4.78 is 0. The van der Waals surface area contributed by atoms with Gasteiger partial charge in [-0.1, -0.05) is 44.2 Å². The van der Waals surface area contributed by atoms with Crippen LogP contribution in [0.4, 0.5) is 0 Å². The van der Waals surface area contributed by atoms with Crippen LogP contribution in [0, 0.1) is 12.8 Å². The number of amides is 1. The summed E-state index contributed by atoms with van der Waals surface area (Å²) in [4.78, 5) is 32.4. The molecule has 1 amide bonds. The van der Waals surface area contributed by atoms with Gasteiger partial charge in [-0.2, -0.15) is 0 Å². The molecule has 6 heteroatoms. The molecule has 2 rings (SSSR count). The van der Waals surface area contributed by atoms with E-state index < -0.39 is 11.9 Å². The summed E-state index contributed by atoms with van der Waals surface area (Å²) >= 11 is 0. The topological polar surface area (TPSA) is 92.2 Å². The van der Waals surface area contributed by atoms with Gasteiger partial charge in [0.2, 0.25) is 0 Å². The number of aryl methyl sites for hydroxylation is 1. The quantitative estimate of drug-likeness (QED) is 0.807. The van der Waals surface area contributed by atoms with Crippen LogP contribution in [0.5, 0.6) is 0 Å². The summed E-state index contributed by atoms with van der Waals surface area (Å²) in [5.41, 5.74) is 1.98. The highest BCUT2D eigenvalue weighted by Crippen LogP contribution is 2.17. The van der Waals surface area contributed by atoms with E-state index in [9.17, 15) is 14.7 Å². The van der Waals surface area contributed by atoms with Crippen molar-refractivity contribution >= 4 is 11.9 Å². The van der Waals surface area contributed by atoms with E-state index >= 15 is 0 Å². The second-order valence-electron chi connectivity index (χ2n) is 6.31. The Hall–Kier alpha value is -2.76. The van der Waals surface area contributed by atoms with E-state index in [0.717, 1.165) is 5.56 Å². The van der Waals surface area contributed by atoms with Gasteiger partial charge in [-0.25, -0.2) is 9.97 Å². The number of benzene rings is 1. The van der Waals surface area contributed by atoms with Gasteiger partial charge in [-0.05, 0) is 24.8 Å². The van der Waals surface area contributed by atoms with Crippen LogP contribution in [0.25, 0.3) is 0 Å². The summed E-state index contributed by atoms with van der Waals surface area (Å²) in [5.74, 6) is -1.30. The summed E-state index contributed by atoms with van der Waals surface area (Å²) in [6, 6.07) is 9.37. The third kappa shape index (κ3) is 5.11. The van der Waals surface area contributed by atoms with Gasteiger partial charge in [0.15, 0.2) is 0 Å². The molecule has 0 aliphatic heterocycles. The monoisotopic (exact) mass is 341 g/mol. The fourth-order valence-corrected chi connectivity index (χ4v) is 2.56. The zero-order valence-corrected chi connectivity index (χ0v) is 14.7. The van der Waals surface area contributed by atoms with Crippen molar-refractivity contribution in [3.8, 4) is 0 Å². The van der Waals surface area contributed by atoms with Gasteiger partial charge >= 0.3 is 5.97 Å². The Morgan fingerprint density at radius 1 is 1.20 bits per heavy atom. The van der Waals surface area contributed by atoms with Gasteiger partial charge < -0.3 is 10.4 Å². The highest BCUT2D eigenvalue weighted by atomic mass is 16.4. The number of nitrogens with zero attached hydrogens (tertiary/aromatic N) is 2. The maximum Gasteiger partial charge on any atom is 0.308 e. The fourth-order valence-electron chi connectivity index (χ4n) is 2.56. The van der Waals surface area contributed by atoms with Crippen LogP contribution in [0.1, 0.15) is 47.2 Å². The molecule has 0 aliphatic carbocycles. The van der Waals surface area contributed by atoms with E-state index in [1.54, 1.807) is 6.92 Å².